The number of benzene rings is 1. The van der Waals surface area contributed by atoms with Crippen LogP contribution in [0.5, 0.6) is 0 Å². The average Bonchev–Trinajstić information content (AvgIpc) is 2.80. The highest BCUT2D eigenvalue weighted by atomic mass is 35.5. The van der Waals surface area contributed by atoms with Crippen molar-refractivity contribution in [1.82, 2.24) is 14.3 Å². The highest BCUT2D eigenvalue weighted by Gasteiger charge is 2.16. The van der Waals surface area contributed by atoms with Crippen molar-refractivity contribution in [2.24, 2.45) is 0 Å². The molecule has 0 saturated heterocycles. The first-order valence-corrected chi connectivity index (χ1v) is 11.5. The number of hydrogen-bond donors (Lipinski definition) is 1. The van der Waals surface area contributed by atoms with Gasteiger partial charge in [0.1, 0.15) is 6.10 Å². The van der Waals surface area contributed by atoms with E-state index in [9.17, 15) is 9.90 Å². The molecule has 2 rings (SSSR count). The van der Waals surface area contributed by atoms with E-state index in [-0.39, 0.29) is 25.0 Å². The Morgan fingerprint density at radius 3 is 2.39 bits per heavy atom. The molecule has 2 aromatic rings. The summed E-state index contributed by atoms with van der Waals surface area (Å²) in [5.74, 6) is 0.434. The lowest BCUT2D eigenvalue weighted by Crippen LogP contribution is -2.26. The van der Waals surface area contributed by atoms with Gasteiger partial charge in [-0.1, -0.05) is 36.8 Å². The summed E-state index contributed by atoms with van der Waals surface area (Å²) in [4.78, 5) is 12.3. The number of aromatic nitrogens is 3. The molecule has 0 saturated carbocycles. The fourth-order valence-electron chi connectivity index (χ4n) is 2.17. The largest absolute Gasteiger partial charge is 0.497 e. The molecule has 1 atom stereocenters. The Hall–Kier alpha value is -0.824. The third-order valence-electron chi connectivity index (χ3n) is 3.23. The van der Waals surface area contributed by atoms with E-state index in [2.05, 4.69) is 5.10 Å². The highest BCUT2D eigenvalue weighted by Crippen LogP contribution is 2.09. The van der Waals surface area contributed by atoms with Crippen molar-refractivity contribution in [1.29, 1.82) is 0 Å². The predicted molar refractivity (Wildman–Crippen MR) is 95.2 cm³/mol. The molecule has 0 aliphatic heterocycles. The third-order valence-corrected chi connectivity index (χ3v) is 3.23. The molecule has 0 aliphatic carbocycles. The maximum Gasteiger partial charge on any atom is 0.497 e. The van der Waals surface area contributed by atoms with Crippen LogP contribution in [-0.2, 0) is 13.1 Å². The van der Waals surface area contributed by atoms with Gasteiger partial charge in [0.25, 0.3) is 0 Å². The van der Waals surface area contributed by atoms with Crippen LogP contribution in [-0.4, -0.2) is 38.7 Å². The van der Waals surface area contributed by atoms with Crippen molar-refractivity contribution >= 4 is 28.3 Å². The van der Waals surface area contributed by atoms with Crippen LogP contribution < -0.4 is 5.69 Å². The van der Waals surface area contributed by atoms with Gasteiger partial charge in [-0.25, -0.2) is 9.48 Å². The maximum atomic E-state index is 12.3. The predicted octanol–water partition coefficient (Wildman–Crippen LogP) is 2.76. The van der Waals surface area contributed by atoms with Gasteiger partial charge in [-0.15, -0.1) is 5.05 Å². The molecule has 0 spiro atoms. The molecular weight excluding hydrogens is 326 g/mol. The molecule has 0 radical (unpaired) electrons. The van der Waals surface area contributed by atoms with E-state index in [1.165, 1.54) is 10.2 Å². The molecule has 23 heavy (non-hydrogen) atoms. The van der Waals surface area contributed by atoms with Crippen molar-refractivity contribution in [2.45, 2.75) is 51.4 Å². The van der Waals surface area contributed by atoms with E-state index in [0.717, 1.165) is 12.0 Å². The Morgan fingerprint density at radius 1 is 1.35 bits per heavy atom. The van der Waals surface area contributed by atoms with Crippen molar-refractivity contribution in [2.75, 3.05) is 0 Å². The zero-order chi connectivity index (χ0) is 17.4. The van der Waals surface area contributed by atoms with E-state index in [1.807, 2.05) is 43.2 Å². The SMILES string of the molecule is CCCn1c(C(C)O)nn(Cc2ccc(C)cc2)c1=O.[CH3][Mg][Cl]. The number of aryl methyl sites for hydroxylation is 1. The van der Waals surface area contributed by atoms with Crippen LogP contribution in [0.2, 0.25) is 5.05 Å². The minimum atomic E-state index is -0.742. The molecule has 1 aromatic heterocycles. The Morgan fingerprint density at radius 2 is 1.91 bits per heavy atom. The van der Waals surface area contributed by atoms with E-state index in [1.54, 1.807) is 11.5 Å². The Kier molecular flexibility index (Phi) is 8.90. The van der Waals surface area contributed by atoms with Gasteiger partial charge < -0.3 is 14.2 Å². The number of nitrogens with zero attached hydrogens (tertiary/aromatic N) is 3. The smallest absolute Gasteiger partial charge is 0.385 e. The lowest BCUT2D eigenvalue weighted by Gasteiger charge is -2.04. The molecule has 1 heterocycles. The van der Waals surface area contributed by atoms with Gasteiger partial charge in [0, 0.05) is 6.54 Å². The van der Waals surface area contributed by atoms with Crippen LogP contribution in [0, 0.1) is 6.92 Å². The first-order chi connectivity index (χ1) is 10.9. The van der Waals surface area contributed by atoms with Crippen molar-refractivity contribution < 1.29 is 5.11 Å². The summed E-state index contributed by atoms with van der Waals surface area (Å²) in [6.45, 7) is 6.65. The second-order valence-corrected chi connectivity index (χ2v) is 7.52. The fraction of sp³-hybridized carbons (Fsp3) is 0.500. The lowest BCUT2D eigenvalue weighted by atomic mass is 10.1. The van der Waals surface area contributed by atoms with Crippen LogP contribution in [0.3, 0.4) is 0 Å². The van der Waals surface area contributed by atoms with Crippen LogP contribution >= 0.6 is 9.07 Å². The summed E-state index contributed by atoms with van der Waals surface area (Å²) < 4.78 is 2.97. The van der Waals surface area contributed by atoms with Gasteiger partial charge in [-0.3, -0.25) is 4.57 Å². The number of halogens is 1. The second kappa shape index (κ2) is 10.1. The van der Waals surface area contributed by atoms with E-state index >= 15 is 0 Å². The quantitative estimate of drug-likeness (QED) is 0.844. The molecule has 0 amide bonds. The molecular formula is C16H24ClMgN3O2. The normalized spacial score (nSPS) is 11.4. The van der Waals surface area contributed by atoms with Gasteiger partial charge in [0.15, 0.2) is 5.82 Å². The van der Waals surface area contributed by atoms with Crippen molar-refractivity contribution in [3.8, 4) is 0 Å². The summed E-state index contributed by atoms with van der Waals surface area (Å²) >= 11 is -0.111. The lowest BCUT2D eigenvalue weighted by molar-refractivity contribution is 0.182. The Balaban J connectivity index is 0.000000816. The van der Waals surface area contributed by atoms with Gasteiger partial charge in [0.05, 0.1) is 6.54 Å². The molecule has 5 nitrogen and oxygen atoms in total. The first-order valence-electron chi connectivity index (χ1n) is 7.91. The van der Waals surface area contributed by atoms with Crippen LogP contribution in [0.15, 0.2) is 29.1 Å². The number of hydrogen-bond acceptors (Lipinski definition) is 3. The Bertz CT molecular complexity index is 650. The van der Waals surface area contributed by atoms with E-state index in [4.69, 9.17) is 9.07 Å². The monoisotopic (exact) mass is 349 g/mol. The zero-order valence-electron chi connectivity index (χ0n) is 14.3. The van der Waals surface area contributed by atoms with Gasteiger partial charge in [0.2, 0.25) is 0 Å². The summed E-state index contributed by atoms with van der Waals surface area (Å²) in [5, 5.41) is 16.0. The maximum absolute atomic E-state index is 12.3. The summed E-state index contributed by atoms with van der Waals surface area (Å²) in [6, 6.07) is 8.00. The molecule has 124 valence electrons. The minimum absolute atomic E-state index is 0.111. The molecule has 0 fully saturated rings. The third kappa shape index (κ3) is 5.95. The molecule has 0 aliphatic rings. The fourth-order valence-corrected chi connectivity index (χ4v) is 2.17. The van der Waals surface area contributed by atoms with E-state index in [0.29, 0.717) is 18.9 Å². The minimum Gasteiger partial charge on any atom is -0.385 e. The van der Waals surface area contributed by atoms with Crippen LogP contribution in [0.1, 0.15) is 43.3 Å². The Labute approximate surface area is 150 Å². The number of rotatable bonds is 5. The zero-order valence-corrected chi connectivity index (χ0v) is 16.5. The van der Waals surface area contributed by atoms with Crippen LogP contribution in [0.4, 0.5) is 0 Å². The standard InChI is InChI=1S/C15H21N3O2.CH3.ClH.Mg/c1-4-9-17-14(12(3)19)16-18(15(17)20)10-13-7-5-11(2)6-8-13;;;/h5-8,12,19H,4,9-10H2,1-3H3;1H3;1H;/q;;;+1/p-1. The highest BCUT2D eigenvalue weighted by molar-refractivity contribution is 6.92. The second-order valence-electron chi connectivity index (χ2n) is 5.38. The molecule has 1 unspecified atom stereocenters. The van der Waals surface area contributed by atoms with Crippen molar-refractivity contribution in [3.05, 3.63) is 51.7 Å². The first kappa shape index (κ1) is 20.2. The number of aliphatic hydroxyl groups excluding tert-OH is 1. The summed E-state index contributed by atoms with van der Waals surface area (Å²) in [7, 11) is 5.14. The van der Waals surface area contributed by atoms with Gasteiger partial charge >= 0.3 is 25.0 Å². The van der Waals surface area contributed by atoms with Gasteiger partial charge in [-0.05, 0) is 25.8 Å². The topological polar surface area (TPSA) is 60.0 Å². The van der Waals surface area contributed by atoms with Crippen molar-refractivity contribution in [3.63, 3.8) is 0 Å². The molecule has 1 N–H and O–H groups in total. The van der Waals surface area contributed by atoms with Crippen LogP contribution in [0.25, 0.3) is 0 Å². The molecule has 0 bridgehead atoms. The summed E-state index contributed by atoms with van der Waals surface area (Å²) in [6.07, 6.45) is 0.0871. The molecule has 1 aromatic carbocycles. The average molecular weight is 350 g/mol. The van der Waals surface area contributed by atoms with E-state index < -0.39 is 6.10 Å². The molecule has 7 heteroatoms. The van der Waals surface area contributed by atoms with Gasteiger partial charge in [-0.2, -0.15) is 5.10 Å². The summed E-state index contributed by atoms with van der Waals surface area (Å²) in [5.41, 5.74) is 2.04. The number of aliphatic hydroxyl groups is 1.